The van der Waals surface area contributed by atoms with Crippen molar-refractivity contribution in [3.8, 4) is 6.07 Å². The number of hydrogen-bond acceptors (Lipinski definition) is 4. The zero-order valence-corrected chi connectivity index (χ0v) is 18.6. The topological polar surface area (TPSA) is 57.7 Å². The first-order valence-electron chi connectivity index (χ1n) is 9.24. The van der Waals surface area contributed by atoms with Crippen LogP contribution in [-0.4, -0.2) is 18.2 Å². The molecule has 2 rings (SSSR count). The second kappa shape index (κ2) is 9.16. The fraction of sp³-hybridized carbons (Fsp3) is 0.348. The van der Waals surface area contributed by atoms with Crippen molar-refractivity contribution < 1.29 is 4.74 Å². The molecule has 0 saturated heterocycles. The van der Waals surface area contributed by atoms with Crippen molar-refractivity contribution in [1.82, 2.24) is 0 Å². The lowest BCUT2D eigenvalue weighted by Crippen LogP contribution is -2.45. The zero-order valence-electron chi connectivity index (χ0n) is 17.0. The van der Waals surface area contributed by atoms with Crippen LogP contribution in [0.15, 0.2) is 69.1 Å². The molecular formula is C23H26BrN3O. The Morgan fingerprint density at radius 1 is 0.929 bits per heavy atom. The van der Waals surface area contributed by atoms with Gasteiger partial charge in [0.2, 0.25) is 0 Å². The second-order valence-electron chi connectivity index (χ2n) is 7.48. The summed E-state index contributed by atoms with van der Waals surface area (Å²) in [6, 6.07) is 19.6. The van der Waals surface area contributed by atoms with E-state index in [1.54, 1.807) is 0 Å². The summed E-state index contributed by atoms with van der Waals surface area (Å²) in [6.45, 7) is 10.5. The minimum atomic E-state index is -0.613. The van der Waals surface area contributed by atoms with Gasteiger partial charge in [-0.2, -0.15) is 5.26 Å². The van der Waals surface area contributed by atoms with E-state index in [0.29, 0.717) is 18.2 Å². The minimum Gasteiger partial charge on any atom is -0.481 e. The van der Waals surface area contributed by atoms with Crippen molar-refractivity contribution >= 4 is 38.9 Å². The van der Waals surface area contributed by atoms with E-state index in [4.69, 9.17) is 9.73 Å². The molecule has 0 fully saturated rings. The van der Waals surface area contributed by atoms with Crippen molar-refractivity contribution in [3.05, 3.63) is 59.1 Å². The van der Waals surface area contributed by atoms with E-state index in [-0.39, 0.29) is 0 Å². The molecular weight excluding hydrogens is 414 g/mol. The lowest BCUT2D eigenvalue weighted by atomic mass is 9.65. The Morgan fingerprint density at radius 3 is 2.04 bits per heavy atom. The van der Waals surface area contributed by atoms with Crippen LogP contribution in [0, 0.1) is 22.2 Å². The molecule has 0 bridgehead atoms. The van der Waals surface area contributed by atoms with Gasteiger partial charge in [0.05, 0.1) is 23.4 Å². The number of nitrogens with zero attached hydrogens (tertiary/aromatic N) is 3. The smallest absolute Gasteiger partial charge is 0.195 e. The van der Waals surface area contributed by atoms with E-state index < -0.39 is 10.8 Å². The summed E-state index contributed by atoms with van der Waals surface area (Å²) >= 11 is 3.42. The van der Waals surface area contributed by atoms with Gasteiger partial charge in [-0.15, -0.1) is 0 Å². The summed E-state index contributed by atoms with van der Waals surface area (Å²) in [4.78, 5) is 9.38. The molecule has 2 aromatic rings. The normalized spacial score (nSPS) is 13.2. The van der Waals surface area contributed by atoms with Gasteiger partial charge in [-0.1, -0.05) is 61.8 Å². The van der Waals surface area contributed by atoms with Gasteiger partial charge in [0, 0.05) is 9.89 Å². The average Bonchev–Trinajstić information content (AvgIpc) is 2.67. The van der Waals surface area contributed by atoms with Gasteiger partial charge >= 0.3 is 0 Å². The summed E-state index contributed by atoms with van der Waals surface area (Å²) in [6.07, 6.45) is 0. The number of nitriles is 1. The Labute approximate surface area is 176 Å². The second-order valence-corrected chi connectivity index (χ2v) is 8.40. The lowest BCUT2D eigenvalue weighted by Gasteiger charge is -2.40. The van der Waals surface area contributed by atoms with Gasteiger partial charge in [-0.05, 0) is 43.3 Å². The number of aliphatic imine (C=N–C) groups is 2. The lowest BCUT2D eigenvalue weighted by molar-refractivity contribution is 0.203. The average molecular weight is 440 g/mol. The van der Waals surface area contributed by atoms with E-state index in [9.17, 15) is 5.26 Å². The van der Waals surface area contributed by atoms with Gasteiger partial charge < -0.3 is 4.74 Å². The Kier molecular flexibility index (Phi) is 7.15. The molecule has 0 saturated carbocycles. The summed E-state index contributed by atoms with van der Waals surface area (Å²) < 4.78 is 6.91. The van der Waals surface area contributed by atoms with E-state index >= 15 is 0 Å². The van der Waals surface area contributed by atoms with Crippen molar-refractivity contribution in [2.24, 2.45) is 20.8 Å². The molecule has 2 aromatic carbocycles. The number of para-hydroxylation sites is 1. The van der Waals surface area contributed by atoms with Crippen molar-refractivity contribution in [3.63, 3.8) is 0 Å². The highest BCUT2D eigenvalue weighted by Crippen LogP contribution is 2.43. The Bertz CT molecular complexity index is 892. The van der Waals surface area contributed by atoms with Crippen LogP contribution in [0.4, 0.5) is 11.4 Å². The van der Waals surface area contributed by atoms with Crippen LogP contribution in [0.2, 0.25) is 0 Å². The number of hydrogen-bond donors (Lipinski definition) is 0. The van der Waals surface area contributed by atoms with Gasteiger partial charge in [0.1, 0.15) is 11.8 Å². The first kappa shape index (κ1) is 21.8. The minimum absolute atomic E-state index is 0.431. The van der Waals surface area contributed by atoms with Gasteiger partial charge in [-0.25, -0.2) is 9.98 Å². The number of rotatable bonds is 6. The van der Waals surface area contributed by atoms with Crippen molar-refractivity contribution in [2.75, 3.05) is 6.61 Å². The maximum atomic E-state index is 9.87. The Morgan fingerprint density at radius 2 is 1.50 bits per heavy atom. The van der Waals surface area contributed by atoms with Crippen LogP contribution in [0.1, 0.15) is 34.6 Å². The Hall–Kier alpha value is -2.45. The molecule has 5 heteroatoms. The summed E-state index contributed by atoms with van der Waals surface area (Å²) in [7, 11) is 0. The van der Waals surface area contributed by atoms with Crippen molar-refractivity contribution in [2.45, 2.75) is 34.6 Å². The highest BCUT2D eigenvalue weighted by molar-refractivity contribution is 9.10. The van der Waals surface area contributed by atoms with Crippen molar-refractivity contribution in [1.29, 1.82) is 5.26 Å². The van der Waals surface area contributed by atoms with E-state index in [1.165, 1.54) is 0 Å². The highest BCUT2D eigenvalue weighted by atomic mass is 79.9. The fourth-order valence-corrected chi connectivity index (χ4v) is 2.89. The van der Waals surface area contributed by atoms with Crippen LogP contribution >= 0.6 is 15.9 Å². The van der Waals surface area contributed by atoms with Crippen LogP contribution < -0.4 is 0 Å². The molecule has 0 aromatic heterocycles. The first-order valence-corrected chi connectivity index (χ1v) is 10.0. The summed E-state index contributed by atoms with van der Waals surface area (Å²) in [5, 5.41) is 9.87. The van der Waals surface area contributed by atoms with Crippen LogP contribution in [-0.2, 0) is 4.74 Å². The maximum absolute atomic E-state index is 9.87. The van der Waals surface area contributed by atoms with Gasteiger partial charge in [0.15, 0.2) is 5.90 Å². The third kappa shape index (κ3) is 4.88. The third-order valence-corrected chi connectivity index (χ3v) is 5.66. The standard InChI is InChI=1S/C23H26BrN3O/c1-6-28-21(27-18-10-8-7-9-11-18)23(4,5)22(2,3)20(16-25)26-19-14-12-17(24)13-15-19/h7-15H,6H2,1-5H3. The third-order valence-electron chi connectivity index (χ3n) is 5.13. The largest absolute Gasteiger partial charge is 0.481 e. The van der Waals surface area contributed by atoms with Crippen LogP contribution in [0.25, 0.3) is 0 Å². The fourth-order valence-electron chi connectivity index (χ4n) is 2.62. The highest BCUT2D eigenvalue weighted by Gasteiger charge is 2.46. The van der Waals surface area contributed by atoms with Crippen LogP contribution in [0.5, 0.6) is 0 Å². The van der Waals surface area contributed by atoms with E-state index in [1.807, 2.05) is 89.2 Å². The first-order chi connectivity index (χ1) is 13.2. The van der Waals surface area contributed by atoms with Gasteiger partial charge in [-0.3, -0.25) is 0 Å². The Balaban J connectivity index is 2.50. The molecule has 0 aliphatic carbocycles. The number of ether oxygens (including phenoxy) is 1. The predicted molar refractivity (Wildman–Crippen MR) is 120 cm³/mol. The van der Waals surface area contributed by atoms with E-state index in [0.717, 1.165) is 15.8 Å². The number of benzene rings is 2. The number of halogens is 1. The quantitative estimate of drug-likeness (QED) is 0.364. The molecule has 0 unspecified atom stereocenters. The molecule has 0 spiro atoms. The monoisotopic (exact) mass is 439 g/mol. The SMILES string of the molecule is CCOC(=Nc1ccccc1)C(C)(C)C(C)(C)C(C#N)=Nc1ccc(Br)cc1. The summed E-state index contributed by atoms with van der Waals surface area (Å²) in [5.74, 6) is 0.588. The molecule has 4 nitrogen and oxygen atoms in total. The molecule has 0 amide bonds. The maximum Gasteiger partial charge on any atom is 0.195 e. The molecule has 28 heavy (non-hydrogen) atoms. The molecule has 0 atom stereocenters. The zero-order chi connectivity index (χ0) is 20.8. The molecule has 0 radical (unpaired) electrons. The molecule has 0 N–H and O–H groups in total. The molecule has 0 aliphatic heterocycles. The molecule has 146 valence electrons. The predicted octanol–water partition coefficient (Wildman–Crippen LogP) is 6.86. The summed E-state index contributed by atoms with van der Waals surface area (Å²) in [5.41, 5.74) is 0.806. The van der Waals surface area contributed by atoms with Gasteiger partial charge in [0.25, 0.3) is 0 Å². The van der Waals surface area contributed by atoms with E-state index in [2.05, 4.69) is 27.0 Å². The molecule has 0 heterocycles. The molecule has 0 aliphatic rings. The van der Waals surface area contributed by atoms with Crippen LogP contribution in [0.3, 0.4) is 0 Å².